The van der Waals surface area contributed by atoms with Gasteiger partial charge in [0.2, 0.25) is 0 Å². The van der Waals surface area contributed by atoms with E-state index in [1.165, 1.54) is 11.3 Å². The van der Waals surface area contributed by atoms with Crippen molar-refractivity contribution in [3.05, 3.63) is 20.8 Å². The minimum atomic E-state index is -0.907. The maximum atomic E-state index is 10.9. The van der Waals surface area contributed by atoms with Crippen LogP contribution in [0.5, 0.6) is 0 Å². The fourth-order valence-corrected chi connectivity index (χ4v) is 2.59. The van der Waals surface area contributed by atoms with E-state index in [0.29, 0.717) is 0 Å². The van der Waals surface area contributed by atoms with Crippen LogP contribution in [0.2, 0.25) is 0 Å². The smallest absolute Gasteiger partial charge is 0.309 e. The van der Waals surface area contributed by atoms with Crippen molar-refractivity contribution in [2.75, 3.05) is 0 Å². The number of carboxylic acid groups (broad SMARTS) is 1. The maximum absolute atomic E-state index is 10.9. The van der Waals surface area contributed by atoms with Gasteiger partial charge >= 0.3 is 5.97 Å². The van der Waals surface area contributed by atoms with Crippen LogP contribution in [-0.4, -0.2) is 16.2 Å². The molecule has 0 aliphatic rings. The molecule has 1 aromatic heterocycles. The van der Waals surface area contributed by atoms with Gasteiger partial charge in [0.25, 0.3) is 0 Å². The lowest BCUT2D eigenvalue weighted by Gasteiger charge is -2.21. The summed E-state index contributed by atoms with van der Waals surface area (Å²) >= 11 is 4.72. The molecule has 0 saturated heterocycles. The van der Waals surface area contributed by atoms with Gasteiger partial charge in [0.15, 0.2) is 0 Å². The van der Waals surface area contributed by atoms with Crippen LogP contribution < -0.4 is 0 Å². The summed E-state index contributed by atoms with van der Waals surface area (Å²) < 4.78 is 0.935. The van der Waals surface area contributed by atoms with Crippen molar-refractivity contribution in [1.82, 2.24) is 0 Å². The minimum absolute atomic E-state index is 0.218. The Hall–Kier alpha value is -0.390. The quantitative estimate of drug-likeness (QED) is 0.897. The second kappa shape index (κ2) is 4.63. The Morgan fingerprint density at radius 3 is 2.60 bits per heavy atom. The molecule has 3 nitrogen and oxygen atoms in total. The fourth-order valence-electron chi connectivity index (χ4n) is 1.18. The maximum Gasteiger partial charge on any atom is 0.309 e. The average molecular weight is 293 g/mol. The second-order valence-corrected chi connectivity index (χ2v) is 6.55. The molecule has 0 fully saturated rings. The fraction of sp³-hybridized carbons (Fsp3) is 0.500. The number of rotatable bonds is 4. The summed E-state index contributed by atoms with van der Waals surface area (Å²) in [4.78, 5) is 11.7. The monoisotopic (exact) mass is 292 g/mol. The van der Waals surface area contributed by atoms with Crippen LogP contribution in [0.1, 0.15) is 31.2 Å². The zero-order valence-electron chi connectivity index (χ0n) is 8.53. The summed E-state index contributed by atoms with van der Waals surface area (Å²) in [7, 11) is 0. The summed E-state index contributed by atoms with van der Waals surface area (Å²) in [6.07, 6.45) is -0.498. The molecule has 1 aromatic rings. The average Bonchev–Trinajstić information content (AvgIpc) is 2.50. The highest BCUT2D eigenvalue weighted by Crippen LogP contribution is 2.34. The molecule has 0 aromatic carbocycles. The first-order chi connectivity index (χ1) is 6.83. The van der Waals surface area contributed by atoms with E-state index in [2.05, 4.69) is 15.9 Å². The van der Waals surface area contributed by atoms with E-state index >= 15 is 0 Å². The summed E-state index contributed by atoms with van der Waals surface area (Å²) in [6.45, 7) is 3.22. The Morgan fingerprint density at radius 2 is 2.20 bits per heavy atom. The molecular formula is C10H13BrO3S. The lowest BCUT2D eigenvalue weighted by atomic mass is 9.86. The third-order valence-corrected chi connectivity index (χ3v) is 3.93. The van der Waals surface area contributed by atoms with Crippen molar-refractivity contribution in [2.24, 2.45) is 5.41 Å². The first kappa shape index (κ1) is 12.7. The topological polar surface area (TPSA) is 57.5 Å². The highest BCUT2D eigenvalue weighted by Gasteiger charge is 2.30. The molecule has 0 radical (unpaired) electrons. The summed E-state index contributed by atoms with van der Waals surface area (Å²) in [5.74, 6) is -0.892. The van der Waals surface area contributed by atoms with E-state index < -0.39 is 17.5 Å². The zero-order valence-corrected chi connectivity index (χ0v) is 10.9. The molecule has 0 amide bonds. The van der Waals surface area contributed by atoms with Gasteiger partial charge in [-0.05, 0) is 48.3 Å². The molecule has 0 saturated carbocycles. The number of hydrogen-bond acceptors (Lipinski definition) is 3. The van der Waals surface area contributed by atoms with Crippen LogP contribution in [-0.2, 0) is 4.79 Å². The van der Waals surface area contributed by atoms with Gasteiger partial charge in [-0.2, -0.15) is 0 Å². The molecule has 84 valence electrons. The van der Waals surface area contributed by atoms with Gasteiger partial charge in [0.1, 0.15) is 0 Å². The van der Waals surface area contributed by atoms with Crippen LogP contribution >= 0.6 is 27.3 Å². The van der Waals surface area contributed by atoms with Gasteiger partial charge in [0, 0.05) is 4.88 Å². The number of aliphatic hydroxyl groups is 1. The zero-order chi connectivity index (χ0) is 11.6. The molecule has 0 bridgehead atoms. The normalized spacial score (nSPS) is 13.9. The molecule has 1 unspecified atom stereocenters. The van der Waals surface area contributed by atoms with Crippen molar-refractivity contribution >= 4 is 33.2 Å². The Balaban J connectivity index is 2.71. The number of halogens is 1. The van der Waals surface area contributed by atoms with Crippen LogP contribution in [0.15, 0.2) is 15.9 Å². The van der Waals surface area contributed by atoms with E-state index in [1.54, 1.807) is 19.9 Å². The first-order valence-electron chi connectivity index (χ1n) is 4.49. The standard InChI is InChI=1S/C10H13BrO3S/c1-10(2,9(13)14)5-6(12)7-3-4-8(11)15-7/h3-4,6,12H,5H2,1-2H3,(H,13,14). The SMILES string of the molecule is CC(C)(CC(O)c1ccc(Br)s1)C(=O)O. The number of carbonyl (C=O) groups is 1. The van der Waals surface area contributed by atoms with Crippen LogP contribution in [0.4, 0.5) is 0 Å². The van der Waals surface area contributed by atoms with Crippen molar-refractivity contribution in [3.63, 3.8) is 0 Å². The van der Waals surface area contributed by atoms with Gasteiger partial charge in [-0.15, -0.1) is 11.3 Å². The van der Waals surface area contributed by atoms with Crippen LogP contribution in [0, 0.1) is 5.41 Å². The molecule has 5 heteroatoms. The predicted molar refractivity (Wildman–Crippen MR) is 63.0 cm³/mol. The highest BCUT2D eigenvalue weighted by atomic mass is 79.9. The Morgan fingerprint density at radius 1 is 1.60 bits per heavy atom. The number of thiophene rings is 1. The molecule has 1 atom stereocenters. The van der Waals surface area contributed by atoms with Gasteiger partial charge in [0.05, 0.1) is 15.3 Å². The second-order valence-electron chi connectivity index (χ2n) is 4.05. The Bertz CT molecular complexity index is 359. The van der Waals surface area contributed by atoms with Gasteiger partial charge in [-0.1, -0.05) is 0 Å². The van der Waals surface area contributed by atoms with Crippen LogP contribution in [0.3, 0.4) is 0 Å². The predicted octanol–water partition coefficient (Wildman–Crippen LogP) is 3.04. The summed E-state index contributed by atoms with van der Waals surface area (Å²) in [6, 6.07) is 3.65. The van der Waals surface area contributed by atoms with Crippen molar-refractivity contribution < 1.29 is 15.0 Å². The Kier molecular flexibility index (Phi) is 3.92. The number of aliphatic hydroxyl groups excluding tert-OH is 1. The van der Waals surface area contributed by atoms with E-state index in [1.807, 2.05) is 6.07 Å². The van der Waals surface area contributed by atoms with Crippen molar-refractivity contribution in [3.8, 4) is 0 Å². The number of carboxylic acids is 1. The molecule has 0 aliphatic carbocycles. The van der Waals surface area contributed by atoms with E-state index in [0.717, 1.165) is 8.66 Å². The van der Waals surface area contributed by atoms with E-state index in [9.17, 15) is 9.90 Å². The van der Waals surface area contributed by atoms with Gasteiger partial charge in [-0.3, -0.25) is 4.79 Å². The molecule has 15 heavy (non-hydrogen) atoms. The van der Waals surface area contributed by atoms with E-state index in [-0.39, 0.29) is 6.42 Å². The highest BCUT2D eigenvalue weighted by molar-refractivity contribution is 9.11. The van der Waals surface area contributed by atoms with Gasteiger partial charge < -0.3 is 10.2 Å². The molecule has 1 heterocycles. The lowest BCUT2D eigenvalue weighted by Crippen LogP contribution is -2.25. The summed E-state index contributed by atoms with van der Waals surface area (Å²) in [5, 5.41) is 18.8. The molecule has 2 N–H and O–H groups in total. The third-order valence-electron chi connectivity index (χ3n) is 2.21. The van der Waals surface area contributed by atoms with Crippen molar-refractivity contribution in [2.45, 2.75) is 26.4 Å². The van der Waals surface area contributed by atoms with Crippen LogP contribution in [0.25, 0.3) is 0 Å². The Labute approximate surface area is 101 Å². The molecule has 0 spiro atoms. The number of aliphatic carboxylic acids is 1. The number of hydrogen-bond donors (Lipinski definition) is 2. The molecule has 1 rings (SSSR count). The molecule has 0 aliphatic heterocycles. The third kappa shape index (κ3) is 3.29. The molecular weight excluding hydrogens is 280 g/mol. The largest absolute Gasteiger partial charge is 0.481 e. The van der Waals surface area contributed by atoms with Gasteiger partial charge in [-0.25, -0.2) is 0 Å². The lowest BCUT2D eigenvalue weighted by molar-refractivity contribution is -0.148. The first-order valence-corrected chi connectivity index (χ1v) is 6.10. The van der Waals surface area contributed by atoms with E-state index in [4.69, 9.17) is 5.11 Å². The minimum Gasteiger partial charge on any atom is -0.481 e. The van der Waals surface area contributed by atoms with Crippen molar-refractivity contribution in [1.29, 1.82) is 0 Å². The summed E-state index contributed by atoms with van der Waals surface area (Å²) in [5.41, 5.74) is -0.907.